The minimum Gasteiger partial charge on any atom is -0.504 e. The van der Waals surface area contributed by atoms with Gasteiger partial charge in [0.15, 0.2) is 11.5 Å². The van der Waals surface area contributed by atoms with Crippen molar-refractivity contribution >= 4 is 16.9 Å². The Hall–Kier alpha value is -3.06. The first-order valence-corrected chi connectivity index (χ1v) is 7.09. The van der Waals surface area contributed by atoms with E-state index in [1.165, 1.54) is 0 Å². The second kappa shape index (κ2) is 5.98. The molecule has 1 heterocycles. The summed E-state index contributed by atoms with van der Waals surface area (Å²) in [7, 11) is 0. The largest absolute Gasteiger partial charge is 0.504 e. The lowest BCUT2D eigenvalue weighted by molar-refractivity contribution is 0.0954. The Morgan fingerprint density at radius 1 is 1.35 bits per heavy atom. The van der Waals surface area contributed by atoms with Gasteiger partial charge in [-0.15, -0.1) is 0 Å². The monoisotopic (exact) mass is 312 g/mol. The number of amides is 1. The van der Waals surface area contributed by atoms with Crippen molar-refractivity contribution in [3.05, 3.63) is 42.0 Å². The topological polar surface area (TPSA) is 113 Å². The maximum absolute atomic E-state index is 11.6. The van der Waals surface area contributed by atoms with Gasteiger partial charge in [0.2, 0.25) is 0 Å². The predicted molar refractivity (Wildman–Crippen MR) is 86.0 cm³/mol. The lowest BCUT2D eigenvalue weighted by atomic mass is 10.2. The van der Waals surface area contributed by atoms with E-state index in [0.29, 0.717) is 29.3 Å². The summed E-state index contributed by atoms with van der Waals surface area (Å²) in [4.78, 5) is 19.2. The van der Waals surface area contributed by atoms with Gasteiger partial charge in [0, 0.05) is 11.1 Å². The van der Waals surface area contributed by atoms with Crippen molar-refractivity contribution < 1.29 is 14.6 Å². The van der Waals surface area contributed by atoms with Gasteiger partial charge >= 0.3 is 0 Å². The van der Waals surface area contributed by atoms with Crippen molar-refractivity contribution in [2.75, 3.05) is 6.61 Å². The van der Waals surface area contributed by atoms with Crippen LogP contribution < -0.4 is 16.0 Å². The summed E-state index contributed by atoms with van der Waals surface area (Å²) in [5.41, 5.74) is 4.74. The average Bonchev–Trinajstić information content (AvgIpc) is 2.99. The van der Waals surface area contributed by atoms with Gasteiger partial charge in [-0.1, -0.05) is 0 Å². The number of fused-ring (bicyclic) bond motifs is 1. The summed E-state index contributed by atoms with van der Waals surface area (Å²) >= 11 is 0. The molecule has 118 valence electrons. The number of phenols is 1. The number of carbonyl (C=O) groups excluding carboxylic acids is 1. The molecule has 0 saturated heterocycles. The van der Waals surface area contributed by atoms with Gasteiger partial charge in [-0.3, -0.25) is 10.2 Å². The summed E-state index contributed by atoms with van der Waals surface area (Å²) in [6, 6.07) is 10.1. The van der Waals surface area contributed by atoms with Gasteiger partial charge in [0.1, 0.15) is 5.82 Å². The van der Waals surface area contributed by atoms with E-state index in [4.69, 9.17) is 10.6 Å². The Kier molecular flexibility index (Phi) is 3.86. The van der Waals surface area contributed by atoms with Crippen molar-refractivity contribution in [1.29, 1.82) is 0 Å². The molecule has 1 amide bonds. The van der Waals surface area contributed by atoms with Crippen LogP contribution in [-0.4, -0.2) is 27.6 Å². The van der Waals surface area contributed by atoms with Crippen LogP contribution in [0.4, 0.5) is 0 Å². The van der Waals surface area contributed by atoms with Crippen molar-refractivity contribution in [2.45, 2.75) is 6.92 Å². The zero-order valence-corrected chi connectivity index (χ0v) is 12.5. The number of hydrazine groups is 1. The predicted octanol–water partition coefficient (Wildman–Crippen LogP) is 1.94. The number of nitrogens with two attached hydrogens (primary N) is 1. The summed E-state index contributed by atoms with van der Waals surface area (Å²) < 4.78 is 5.38. The Labute approximate surface area is 132 Å². The third-order valence-electron chi connectivity index (χ3n) is 3.41. The number of aromatic nitrogens is 2. The number of nitrogens with zero attached hydrogens (tertiary/aromatic N) is 1. The maximum atomic E-state index is 11.6. The molecule has 3 aromatic rings. The maximum Gasteiger partial charge on any atom is 0.265 e. The lowest BCUT2D eigenvalue weighted by Crippen LogP contribution is -2.29. The first-order chi connectivity index (χ1) is 11.1. The number of ether oxygens (including phenoxy) is 1. The van der Waals surface area contributed by atoms with Gasteiger partial charge < -0.3 is 14.8 Å². The molecule has 5 N–H and O–H groups in total. The molecule has 7 nitrogen and oxygen atoms in total. The molecule has 23 heavy (non-hydrogen) atoms. The highest BCUT2D eigenvalue weighted by atomic mass is 16.5. The summed E-state index contributed by atoms with van der Waals surface area (Å²) in [5.74, 6) is 5.86. The Balaban J connectivity index is 2.03. The number of aromatic hydroxyl groups is 1. The van der Waals surface area contributed by atoms with Crippen LogP contribution in [0.2, 0.25) is 0 Å². The van der Waals surface area contributed by atoms with E-state index in [-0.39, 0.29) is 11.7 Å². The van der Waals surface area contributed by atoms with Crippen LogP contribution in [0, 0.1) is 0 Å². The van der Waals surface area contributed by atoms with E-state index in [2.05, 4.69) is 15.4 Å². The van der Waals surface area contributed by atoms with Gasteiger partial charge in [-0.25, -0.2) is 10.8 Å². The number of hydrogen-bond acceptors (Lipinski definition) is 5. The standard InChI is InChI=1S/C16H16N4O3/c1-2-23-14-8-9(4-6-13(14)21)15-18-11-5-3-10(16(22)20-17)7-12(11)19-15/h3-8,21H,2,17H2,1H3,(H,18,19)(H,20,22). The molecule has 0 aliphatic heterocycles. The van der Waals surface area contributed by atoms with E-state index in [1.54, 1.807) is 36.4 Å². The molecule has 0 spiro atoms. The molecule has 0 bridgehead atoms. The summed E-state index contributed by atoms with van der Waals surface area (Å²) in [6.07, 6.45) is 0. The molecule has 0 aliphatic carbocycles. The molecule has 1 aromatic heterocycles. The van der Waals surface area contributed by atoms with E-state index in [9.17, 15) is 9.90 Å². The van der Waals surface area contributed by atoms with E-state index < -0.39 is 0 Å². The van der Waals surface area contributed by atoms with Gasteiger partial charge in [-0.05, 0) is 43.3 Å². The number of rotatable bonds is 4. The van der Waals surface area contributed by atoms with E-state index >= 15 is 0 Å². The van der Waals surface area contributed by atoms with Crippen LogP contribution >= 0.6 is 0 Å². The van der Waals surface area contributed by atoms with Gasteiger partial charge in [0.25, 0.3) is 5.91 Å². The fourth-order valence-electron chi connectivity index (χ4n) is 2.30. The van der Waals surface area contributed by atoms with Gasteiger partial charge in [0.05, 0.1) is 17.6 Å². The number of hydrogen-bond donors (Lipinski definition) is 4. The highest BCUT2D eigenvalue weighted by molar-refractivity contribution is 5.97. The number of aromatic amines is 1. The number of H-pyrrole nitrogens is 1. The third kappa shape index (κ3) is 2.82. The minimum absolute atomic E-state index is 0.0774. The first kappa shape index (κ1) is 14.9. The number of benzene rings is 2. The number of imidazole rings is 1. The lowest BCUT2D eigenvalue weighted by Gasteiger charge is -2.06. The molecular weight excluding hydrogens is 296 g/mol. The average molecular weight is 312 g/mol. The van der Waals surface area contributed by atoms with Crippen LogP contribution in [0.5, 0.6) is 11.5 Å². The second-order valence-electron chi connectivity index (χ2n) is 4.91. The van der Waals surface area contributed by atoms with Crippen molar-refractivity contribution in [1.82, 2.24) is 15.4 Å². The quantitative estimate of drug-likeness (QED) is 0.334. The molecule has 0 fully saturated rings. The number of nitrogen functional groups attached to an aromatic ring is 1. The molecule has 0 atom stereocenters. The zero-order chi connectivity index (χ0) is 16.4. The normalized spacial score (nSPS) is 10.7. The summed E-state index contributed by atoms with van der Waals surface area (Å²) in [5, 5.41) is 9.77. The molecule has 0 saturated carbocycles. The number of phenolic OH excluding ortho intramolecular Hbond substituents is 1. The highest BCUT2D eigenvalue weighted by Gasteiger charge is 2.11. The van der Waals surface area contributed by atoms with Crippen LogP contribution in [0.25, 0.3) is 22.4 Å². The SMILES string of the molecule is CCOc1cc(-c2nc3ccc(C(=O)NN)cc3[nH]2)ccc1O. The zero-order valence-electron chi connectivity index (χ0n) is 12.5. The number of carbonyl (C=O) groups is 1. The molecule has 2 aromatic carbocycles. The molecule has 0 aliphatic rings. The summed E-state index contributed by atoms with van der Waals surface area (Å²) in [6.45, 7) is 2.30. The highest BCUT2D eigenvalue weighted by Crippen LogP contribution is 2.31. The Bertz CT molecular complexity index is 873. The fraction of sp³-hybridized carbons (Fsp3) is 0.125. The van der Waals surface area contributed by atoms with Gasteiger partial charge in [-0.2, -0.15) is 0 Å². The van der Waals surface area contributed by atoms with E-state index in [0.717, 1.165) is 11.1 Å². The van der Waals surface area contributed by atoms with Crippen LogP contribution in [0.3, 0.4) is 0 Å². The molecule has 0 unspecified atom stereocenters. The second-order valence-corrected chi connectivity index (χ2v) is 4.91. The van der Waals surface area contributed by atoms with Crippen molar-refractivity contribution in [3.8, 4) is 22.9 Å². The molecule has 3 rings (SSSR count). The number of nitrogens with one attached hydrogen (secondary N) is 2. The molecule has 0 radical (unpaired) electrons. The van der Waals surface area contributed by atoms with Crippen molar-refractivity contribution in [2.24, 2.45) is 5.84 Å². The minimum atomic E-state index is -0.369. The third-order valence-corrected chi connectivity index (χ3v) is 3.41. The van der Waals surface area contributed by atoms with Crippen LogP contribution in [0.1, 0.15) is 17.3 Å². The fourth-order valence-corrected chi connectivity index (χ4v) is 2.30. The first-order valence-electron chi connectivity index (χ1n) is 7.09. The Morgan fingerprint density at radius 2 is 2.17 bits per heavy atom. The molecular formula is C16H16N4O3. The van der Waals surface area contributed by atoms with E-state index in [1.807, 2.05) is 6.92 Å². The van der Waals surface area contributed by atoms with Crippen molar-refractivity contribution in [3.63, 3.8) is 0 Å². The molecule has 7 heteroatoms. The van der Waals surface area contributed by atoms with Crippen LogP contribution in [0.15, 0.2) is 36.4 Å². The van der Waals surface area contributed by atoms with Crippen LogP contribution in [-0.2, 0) is 0 Å². The smallest absolute Gasteiger partial charge is 0.265 e. The Morgan fingerprint density at radius 3 is 2.91 bits per heavy atom.